The Morgan fingerprint density at radius 1 is 1.34 bits per heavy atom. The quantitative estimate of drug-likeness (QED) is 0.628. The lowest BCUT2D eigenvalue weighted by atomic mass is 10.0. The van der Waals surface area contributed by atoms with Crippen LogP contribution in [0.3, 0.4) is 0 Å². The summed E-state index contributed by atoms with van der Waals surface area (Å²) in [5.74, 6) is -1.66. The standard InChI is InChI=1S/C20H25F3N4O4S/c1-4-11-8-13(25-16(11)20(21,22)23)17(28)26-12-6-7-27(9-14(12)31-5-2)19-24-10(3)15(32-19)18(29)30/h12,14H,4-9H2,1-3H3,(H,26,28)(H,29,30)/t12-,14+/m1/s1. The average Bonchev–Trinajstić information content (AvgIpc) is 3.33. The molecule has 1 saturated heterocycles. The summed E-state index contributed by atoms with van der Waals surface area (Å²) in [5, 5.41) is 12.6. The SMILES string of the molecule is CCO[C@H]1CN(c2nc(C)c(C(=O)O)s2)CC[C@H]1NC(=O)C1=NC(C(F)(F)F)=C(CC)C1. The van der Waals surface area contributed by atoms with Gasteiger partial charge in [0.1, 0.15) is 16.3 Å². The molecule has 1 fully saturated rings. The Hall–Kier alpha value is -2.47. The van der Waals surface area contributed by atoms with E-state index in [-0.39, 0.29) is 29.0 Å². The van der Waals surface area contributed by atoms with E-state index in [1.165, 1.54) is 0 Å². The highest BCUT2D eigenvalue weighted by Gasteiger charge is 2.41. The third-order valence-corrected chi connectivity index (χ3v) is 6.63. The lowest BCUT2D eigenvalue weighted by Crippen LogP contribution is -2.56. The summed E-state index contributed by atoms with van der Waals surface area (Å²) in [4.78, 5) is 34.0. The molecule has 176 valence electrons. The molecule has 0 saturated carbocycles. The Labute approximate surface area is 187 Å². The zero-order chi connectivity index (χ0) is 23.6. The predicted molar refractivity (Wildman–Crippen MR) is 113 cm³/mol. The molecule has 0 bridgehead atoms. The molecule has 1 aromatic rings. The van der Waals surface area contributed by atoms with Gasteiger partial charge in [0, 0.05) is 26.1 Å². The molecule has 2 aliphatic heterocycles. The molecule has 2 aliphatic rings. The number of aliphatic imine (C=N–C) groups is 1. The Balaban J connectivity index is 1.70. The van der Waals surface area contributed by atoms with Gasteiger partial charge in [0.15, 0.2) is 5.13 Å². The van der Waals surface area contributed by atoms with E-state index in [0.717, 1.165) is 11.3 Å². The second-order valence-electron chi connectivity index (χ2n) is 7.56. The highest BCUT2D eigenvalue weighted by Crippen LogP contribution is 2.36. The number of carbonyl (C=O) groups is 2. The number of ether oxygens (including phenoxy) is 1. The number of nitrogens with one attached hydrogen (secondary N) is 1. The van der Waals surface area contributed by atoms with Crippen molar-refractivity contribution in [2.45, 2.75) is 58.4 Å². The van der Waals surface area contributed by atoms with Gasteiger partial charge in [-0.05, 0) is 32.3 Å². The van der Waals surface area contributed by atoms with Crippen LogP contribution in [-0.2, 0) is 9.53 Å². The van der Waals surface area contributed by atoms with Crippen LogP contribution in [0, 0.1) is 6.92 Å². The number of amides is 1. The van der Waals surface area contributed by atoms with Crippen LogP contribution in [0.1, 0.15) is 48.5 Å². The Morgan fingerprint density at radius 2 is 2.06 bits per heavy atom. The molecule has 1 amide bonds. The van der Waals surface area contributed by atoms with Crippen molar-refractivity contribution in [3.8, 4) is 0 Å². The molecule has 2 N–H and O–H groups in total. The van der Waals surface area contributed by atoms with Crippen molar-refractivity contribution >= 4 is 34.1 Å². The molecule has 3 heterocycles. The normalized spacial score (nSPS) is 21.7. The Morgan fingerprint density at radius 3 is 2.59 bits per heavy atom. The number of nitrogens with zero attached hydrogens (tertiary/aromatic N) is 3. The largest absolute Gasteiger partial charge is 0.477 e. The molecule has 0 aromatic carbocycles. The Kier molecular flexibility index (Phi) is 7.23. The van der Waals surface area contributed by atoms with Crippen LogP contribution >= 0.6 is 11.3 Å². The molecule has 0 radical (unpaired) electrons. The predicted octanol–water partition coefficient (Wildman–Crippen LogP) is 3.32. The number of aromatic carboxylic acids is 1. The number of carbonyl (C=O) groups excluding carboxylic acids is 1. The molecule has 2 atom stereocenters. The van der Waals surface area contributed by atoms with Gasteiger partial charge in [-0.15, -0.1) is 0 Å². The number of thiazole rings is 1. The van der Waals surface area contributed by atoms with Crippen molar-refractivity contribution in [2.24, 2.45) is 4.99 Å². The highest BCUT2D eigenvalue weighted by atomic mass is 32.1. The van der Waals surface area contributed by atoms with Gasteiger partial charge >= 0.3 is 12.1 Å². The van der Waals surface area contributed by atoms with Gasteiger partial charge in [-0.1, -0.05) is 18.3 Å². The van der Waals surface area contributed by atoms with E-state index in [0.29, 0.717) is 36.9 Å². The number of aryl methyl sites for hydroxylation is 1. The fraction of sp³-hybridized carbons (Fsp3) is 0.600. The van der Waals surface area contributed by atoms with Gasteiger partial charge < -0.3 is 20.1 Å². The van der Waals surface area contributed by atoms with Crippen molar-refractivity contribution in [3.05, 3.63) is 21.8 Å². The second-order valence-corrected chi connectivity index (χ2v) is 8.54. The van der Waals surface area contributed by atoms with Gasteiger partial charge in [0.2, 0.25) is 0 Å². The molecule has 0 spiro atoms. The first-order valence-corrected chi connectivity index (χ1v) is 11.1. The zero-order valence-electron chi connectivity index (χ0n) is 18.0. The van der Waals surface area contributed by atoms with Crippen LogP contribution in [0.15, 0.2) is 16.3 Å². The maximum atomic E-state index is 13.2. The summed E-state index contributed by atoms with van der Waals surface area (Å²) >= 11 is 1.08. The van der Waals surface area contributed by atoms with Crippen molar-refractivity contribution in [1.82, 2.24) is 10.3 Å². The van der Waals surface area contributed by atoms with Gasteiger partial charge in [-0.2, -0.15) is 13.2 Å². The molecule has 0 aliphatic carbocycles. The number of piperidine rings is 1. The minimum atomic E-state index is -4.59. The summed E-state index contributed by atoms with van der Waals surface area (Å²) in [6.07, 6.45) is -4.51. The number of rotatable bonds is 7. The van der Waals surface area contributed by atoms with E-state index in [1.54, 1.807) is 13.8 Å². The molecule has 32 heavy (non-hydrogen) atoms. The fourth-order valence-corrected chi connectivity index (χ4v) is 4.77. The minimum absolute atomic E-state index is 0.104. The van der Waals surface area contributed by atoms with E-state index in [4.69, 9.17) is 4.74 Å². The highest BCUT2D eigenvalue weighted by molar-refractivity contribution is 7.17. The summed E-state index contributed by atoms with van der Waals surface area (Å²) in [6.45, 7) is 6.27. The van der Waals surface area contributed by atoms with Gasteiger partial charge in [-0.3, -0.25) is 4.79 Å². The fourth-order valence-electron chi connectivity index (χ4n) is 3.83. The van der Waals surface area contributed by atoms with E-state index in [9.17, 15) is 27.9 Å². The number of carboxylic acid groups (broad SMARTS) is 1. The van der Waals surface area contributed by atoms with Crippen LogP contribution in [0.25, 0.3) is 0 Å². The third kappa shape index (κ3) is 5.12. The molecular weight excluding hydrogens is 449 g/mol. The van der Waals surface area contributed by atoms with Crippen LogP contribution < -0.4 is 10.2 Å². The molecule has 1 aromatic heterocycles. The minimum Gasteiger partial charge on any atom is -0.477 e. The monoisotopic (exact) mass is 474 g/mol. The van der Waals surface area contributed by atoms with Crippen molar-refractivity contribution in [2.75, 3.05) is 24.6 Å². The Bertz CT molecular complexity index is 957. The van der Waals surface area contributed by atoms with Gasteiger partial charge in [0.05, 0.1) is 17.8 Å². The number of alkyl halides is 3. The van der Waals surface area contributed by atoms with Crippen LogP contribution in [0.4, 0.5) is 18.3 Å². The second kappa shape index (κ2) is 9.57. The number of hydrogen-bond donors (Lipinski definition) is 2. The van der Waals surface area contributed by atoms with Crippen molar-refractivity contribution in [3.63, 3.8) is 0 Å². The molecule has 8 nitrogen and oxygen atoms in total. The van der Waals surface area contributed by atoms with E-state index in [1.807, 2.05) is 11.8 Å². The maximum absolute atomic E-state index is 13.2. The molecule has 12 heteroatoms. The van der Waals surface area contributed by atoms with E-state index >= 15 is 0 Å². The number of allylic oxidation sites excluding steroid dienone is 2. The van der Waals surface area contributed by atoms with Gasteiger partial charge in [-0.25, -0.2) is 14.8 Å². The van der Waals surface area contributed by atoms with Crippen LogP contribution in [0.5, 0.6) is 0 Å². The average molecular weight is 475 g/mol. The van der Waals surface area contributed by atoms with Crippen molar-refractivity contribution in [1.29, 1.82) is 0 Å². The van der Waals surface area contributed by atoms with Crippen LogP contribution in [-0.4, -0.2) is 65.7 Å². The van der Waals surface area contributed by atoms with Crippen LogP contribution in [0.2, 0.25) is 0 Å². The maximum Gasteiger partial charge on any atom is 0.433 e. The molecule has 0 unspecified atom stereocenters. The number of carboxylic acids is 1. The number of halogens is 3. The first-order valence-electron chi connectivity index (χ1n) is 10.3. The number of hydrogen-bond acceptors (Lipinski definition) is 7. The lowest BCUT2D eigenvalue weighted by molar-refractivity contribution is -0.117. The number of aromatic nitrogens is 1. The van der Waals surface area contributed by atoms with E-state index < -0.39 is 35.9 Å². The summed E-state index contributed by atoms with van der Waals surface area (Å²) in [7, 11) is 0. The van der Waals surface area contributed by atoms with Gasteiger partial charge in [0.25, 0.3) is 5.91 Å². The molecular formula is C20H25F3N4O4S. The summed E-state index contributed by atoms with van der Waals surface area (Å²) in [6, 6.07) is -0.415. The first-order chi connectivity index (χ1) is 15.0. The smallest absolute Gasteiger partial charge is 0.433 e. The number of anilines is 1. The lowest BCUT2D eigenvalue weighted by Gasteiger charge is -2.38. The zero-order valence-corrected chi connectivity index (χ0v) is 18.8. The summed E-state index contributed by atoms with van der Waals surface area (Å²) in [5.41, 5.74) is -0.588. The first kappa shape index (κ1) is 24.2. The topological polar surface area (TPSA) is 104 Å². The summed E-state index contributed by atoms with van der Waals surface area (Å²) < 4.78 is 45.3. The molecule has 3 rings (SSSR count). The van der Waals surface area contributed by atoms with Crippen molar-refractivity contribution < 1.29 is 32.6 Å². The van der Waals surface area contributed by atoms with E-state index in [2.05, 4.69) is 15.3 Å². The third-order valence-electron chi connectivity index (χ3n) is 5.43.